The molecule has 118 valence electrons. The van der Waals surface area contributed by atoms with E-state index in [0.29, 0.717) is 11.3 Å². The number of halogens is 4. The van der Waals surface area contributed by atoms with Gasteiger partial charge in [-0.2, -0.15) is 18.4 Å². The Morgan fingerprint density at radius 3 is 2.43 bits per heavy atom. The van der Waals surface area contributed by atoms with Crippen LogP contribution < -0.4 is 0 Å². The summed E-state index contributed by atoms with van der Waals surface area (Å²) in [6.45, 7) is 3.50. The van der Waals surface area contributed by atoms with Crippen molar-refractivity contribution in [1.82, 2.24) is 4.98 Å². The molecule has 23 heavy (non-hydrogen) atoms. The summed E-state index contributed by atoms with van der Waals surface area (Å²) in [6, 6.07) is 7.33. The molecule has 1 aromatic carbocycles. The minimum absolute atomic E-state index is 0.0263. The molecule has 7 heteroatoms. The van der Waals surface area contributed by atoms with Gasteiger partial charge in [-0.15, -0.1) is 18.3 Å². The molecule has 0 aliphatic rings. The maximum Gasteiger partial charge on any atom is 0.417 e. The second-order valence-corrected chi connectivity index (χ2v) is 5.46. The second kappa shape index (κ2) is 6.84. The van der Waals surface area contributed by atoms with Crippen molar-refractivity contribution < 1.29 is 17.6 Å². The maximum absolute atomic E-state index is 13.2. The van der Waals surface area contributed by atoms with E-state index in [4.69, 9.17) is 5.26 Å². The average Bonchev–Trinajstić information content (AvgIpc) is 2.51. The molecule has 2 nitrogen and oxygen atoms in total. The van der Waals surface area contributed by atoms with Gasteiger partial charge in [-0.1, -0.05) is 6.08 Å². The first-order chi connectivity index (χ1) is 10.9. The quantitative estimate of drug-likeness (QED) is 0.444. The fourth-order valence-electron chi connectivity index (χ4n) is 1.86. The van der Waals surface area contributed by atoms with Crippen molar-refractivity contribution in [3.63, 3.8) is 0 Å². The summed E-state index contributed by atoms with van der Waals surface area (Å²) in [5, 5.41) is 9.05. The summed E-state index contributed by atoms with van der Waals surface area (Å²) in [7, 11) is 0. The Balaban J connectivity index is 2.66. The smallest absolute Gasteiger partial charge is 0.240 e. The molecule has 2 rings (SSSR count). The zero-order chi connectivity index (χ0) is 17.0. The lowest BCUT2D eigenvalue weighted by Gasteiger charge is -2.14. The molecule has 0 bridgehead atoms. The van der Waals surface area contributed by atoms with Crippen LogP contribution in [0.25, 0.3) is 11.3 Å². The Bertz CT molecular complexity index is 761. The Morgan fingerprint density at radius 1 is 1.26 bits per heavy atom. The van der Waals surface area contributed by atoms with E-state index in [0.717, 1.165) is 30.0 Å². The van der Waals surface area contributed by atoms with Crippen molar-refractivity contribution >= 4 is 11.8 Å². The molecule has 1 aromatic heterocycles. The van der Waals surface area contributed by atoms with E-state index in [1.54, 1.807) is 6.07 Å². The molecular formula is C16H10F4N2S. The minimum atomic E-state index is -4.69. The second-order valence-electron chi connectivity index (χ2n) is 4.45. The monoisotopic (exact) mass is 338 g/mol. The molecule has 0 N–H and O–H groups in total. The number of aromatic nitrogens is 1. The van der Waals surface area contributed by atoms with Crippen LogP contribution in [0, 0.1) is 17.1 Å². The third-order valence-corrected chi connectivity index (χ3v) is 3.85. The van der Waals surface area contributed by atoms with Crippen LogP contribution in [0.2, 0.25) is 0 Å². The van der Waals surface area contributed by atoms with Gasteiger partial charge in [0.2, 0.25) is 0 Å². The van der Waals surface area contributed by atoms with Gasteiger partial charge in [0.05, 0.1) is 16.8 Å². The largest absolute Gasteiger partial charge is 0.417 e. The summed E-state index contributed by atoms with van der Waals surface area (Å²) < 4.78 is 52.7. The number of rotatable bonds is 4. The molecule has 0 aliphatic carbocycles. The van der Waals surface area contributed by atoms with Gasteiger partial charge in [-0.05, 0) is 30.3 Å². The summed E-state index contributed by atoms with van der Waals surface area (Å²) in [5.74, 6) is -0.189. The first-order valence-electron chi connectivity index (χ1n) is 6.38. The van der Waals surface area contributed by atoms with Crippen molar-refractivity contribution in [1.29, 1.82) is 5.26 Å². The fourth-order valence-corrected chi connectivity index (χ4v) is 2.60. The molecule has 0 amide bonds. The van der Waals surface area contributed by atoms with Gasteiger partial charge < -0.3 is 0 Å². The normalized spacial score (nSPS) is 11.1. The zero-order valence-electron chi connectivity index (χ0n) is 11.7. The number of hydrogen-bond acceptors (Lipinski definition) is 3. The average molecular weight is 338 g/mol. The maximum atomic E-state index is 13.2. The van der Waals surface area contributed by atoms with Crippen LogP contribution in [-0.2, 0) is 6.18 Å². The van der Waals surface area contributed by atoms with E-state index in [1.807, 2.05) is 0 Å². The SMILES string of the molecule is C=CCSc1nc(-c2ccc(F)cc2)cc(C(F)(F)F)c1C#N. The number of nitriles is 1. The Hall–Kier alpha value is -2.33. The molecule has 0 unspecified atom stereocenters. The summed E-state index contributed by atoms with van der Waals surface area (Å²) in [6.07, 6.45) is -3.18. The van der Waals surface area contributed by atoms with Crippen molar-refractivity contribution in [2.45, 2.75) is 11.2 Å². The molecule has 0 radical (unpaired) electrons. The lowest BCUT2D eigenvalue weighted by atomic mass is 10.1. The Labute approximate surface area is 134 Å². The van der Waals surface area contributed by atoms with Gasteiger partial charge >= 0.3 is 6.18 Å². The van der Waals surface area contributed by atoms with Crippen molar-refractivity contribution in [2.24, 2.45) is 0 Å². The summed E-state index contributed by atoms with van der Waals surface area (Å²) in [4.78, 5) is 4.13. The predicted molar refractivity (Wildman–Crippen MR) is 80.3 cm³/mol. The van der Waals surface area contributed by atoms with Crippen LogP contribution in [-0.4, -0.2) is 10.7 Å². The fraction of sp³-hybridized carbons (Fsp3) is 0.125. The highest BCUT2D eigenvalue weighted by atomic mass is 32.2. The van der Waals surface area contributed by atoms with E-state index < -0.39 is 23.1 Å². The first kappa shape index (κ1) is 17.0. The van der Waals surface area contributed by atoms with Crippen LogP contribution in [0.1, 0.15) is 11.1 Å². The van der Waals surface area contributed by atoms with Crippen LogP contribution >= 0.6 is 11.8 Å². The van der Waals surface area contributed by atoms with Gasteiger partial charge in [-0.3, -0.25) is 0 Å². The van der Waals surface area contributed by atoms with E-state index in [9.17, 15) is 17.6 Å². The number of benzene rings is 1. The van der Waals surface area contributed by atoms with Gasteiger partial charge in [0.15, 0.2) is 0 Å². The van der Waals surface area contributed by atoms with Crippen LogP contribution in [0.5, 0.6) is 0 Å². The van der Waals surface area contributed by atoms with E-state index in [1.165, 1.54) is 18.2 Å². The van der Waals surface area contributed by atoms with E-state index in [-0.39, 0.29) is 10.7 Å². The molecule has 1 heterocycles. The molecule has 0 saturated carbocycles. The van der Waals surface area contributed by atoms with Crippen molar-refractivity contribution in [2.75, 3.05) is 5.75 Å². The first-order valence-corrected chi connectivity index (χ1v) is 7.37. The van der Waals surface area contributed by atoms with Crippen LogP contribution in [0.4, 0.5) is 17.6 Å². The van der Waals surface area contributed by atoms with Gasteiger partial charge in [0.25, 0.3) is 0 Å². The summed E-state index contributed by atoms with van der Waals surface area (Å²) >= 11 is 0.988. The van der Waals surface area contributed by atoms with Gasteiger partial charge in [0.1, 0.15) is 16.9 Å². The number of pyridine rings is 1. The Kier molecular flexibility index (Phi) is 5.06. The number of nitrogens with zero attached hydrogens (tertiary/aromatic N) is 2. The van der Waals surface area contributed by atoms with Crippen molar-refractivity contribution in [3.8, 4) is 17.3 Å². The Morgan fingerprint density at radius 2 is 1.91 bits per heavy atom. The minimum Gasteiger partial charge on any atom is -0.240 e. The van der Waals surface area contributed by atoms with Gasteiger partial charge in [0, 0.05) is 11.3 Å². The van der Waals surface area contributed by atoms with Crippen LogP contribution in [0.3, 0.4) is 0 Å². The van der Waals surface area contributed by atoms with Crippen molar-refractivity contribution in [3.05, 3.63) is 59.9 Å². The molecule has 0 spiro atoms. The summed E-state index contributed by atoms with van der Waals surface area (Å²) in [5.41, 5.74) is -1.21. The third kappa shape index (κ3) is 3.90. The highest BCUT2D eigenvalue weighted by Gasteiger charge is 2.36. The van der Waals surface area contributed by atoms with Gasteiger partial charge in [-0.25, -0.2) is 9.37 Å². The molecule has 0 aliphatic heterocycles. The van der Waals surface area contributed by atoms with E-state index in [2.05, 4.69) is 11.6 Å². The third-order valence-electron chi connectivity index (χ3n) is 2.88. The molecule has 0 fully saturated rings. The highest BCUT2D eigenvalue weighted by Crippen LogP contribution is 2.37. The van der Waals surface area contributed by atoms with E-state index >= 15 is 0 Å². The predicted octanol–water partition coefficient (Wildman–Crippen LogP) is 5.06. The zero-order valence-corrected chi connectivity index (χ0v) is 12.5. The van der Waals surface area contributed by atoms with Crippen LogP contribution in [0.15, 0.2) is 48.0 Å². The number of thioether (sulfide) groups is 1. The topological polar surface area (TPSA) is 36.7 Å². The molecular weight excluding hydrogens is 328 g/mol. The number of alkyl halides is 3. The molecule has 0 atom stereocenters. The lowest BCUT2D eigenvalue weighted by Crippen LogP contribution is -2.10. The highest BCUT2D eigenvalue weighted by molar-refractivity contribution is 7.99. The molecule has 0 saturated heterocycles. The number of hydrogen-bond donors (Lipinski definition) is 0. The standard InChI is InChI=1S/C16H10F4N2S/c1-2-7-23-15-12(9-21)13(16(18,19)20)8-14(22-15)10-3-5-11(17)6-4-10/h2-6,8H,1,7H2. The molecule has 2 aromatic rings. The lowest BCUT2D eigenvalue weighted by molar-refractivity contribution is -0.138.